The average molecular weight is 301 g/mol. The predicted octanol–water partition coefficient (Wildman–Crippen LogP) is 2.82. The van der Waals surface area contributed by atoms with Gasteiger partial charge in [-0.15, -0.1) is 11.3 Å². The van der Waals surface area contributed by atoms with E-state index in [0.717, 1.165) is 21.8 Å². The van der Waals surface area contributed by atoms with E-state index in [4.69, 9.17) is 0 Å². The largest absolute Gasteiger partial charge is 0.325 e. The van der Waals surface area contributed by atoms with Crippen molar-refractivity contribution in [3.63, 3.8) is 0 Å². The topological polar surface area (TPSA) is 71.1 Å². The number of amides is 2. The first kappa shape index (κ1) is 13.8. The Morgan fingerprint density at radius 3 is 2.86 bits per heavy atom. The fourth-order valence-corrected chi connectivity index (χ4v) is 3.19. The number of thiazole rings is 1. The first-order valence-electron chi connectivity index (χ1n) is 6.68. The van der Waals surface area contributed by atoms with Crippen LogP contribution < -0.4 is 10.6 Å². The minimum atomic E-state index is -0.427. The van der Waals surface area contributed by atoms with Gasteiger partial charge >= 0.3 is 0 Å². The van der Waals surface area contributed by atoms with Gasteiger partial charge < -0.3 is 10.6 Å². The zero-order chi connectivity index (χ0) is 15.0. The van der Waals surface area contributed by atoms with E-state index in [9.17, 15) is 9.59 Å². The summed E-state index contributed by atoms with van der Waals surface area (Å²) in [6, 6.07) is 7.46. The Labute approximate surface area is 126 Å². The number of rotatable bonds is 3. The molecule has 1 aromatic carbocycles. The highest BCUT2D eigenvalue weighted by molar-refractivity contribution is 7.15. The maximum Gasteiger partial charge on any atom is 0.232 e. The van der Waals surface area contributed by atoms with Crippen LogP contribution in [-0.4, -0.2) is 16.8 Å². The minimum absolute atomic E-state index is 0.126. The average Bonchev–Trinajstić information content (AvgIpc) is 2.91. The first-order valence-corrected chi connectivity index (χ1v) is 7.50. The molecular weight excluding hydrogens is 286 g/mol. The van der Waals surface area contributed by atoms with Crippen molar-refractivity contribution in [2.45, 2.75) is 26.2 Å². The molecule has 0 bridgehead atoms. The number of para-hydroxylation sites is 1. The summed E-state index contributed by atoms with van der Waals surface area (Å²) in [6.45, 7) is 3.87. The number of anilines is 2. The van der Waals surface area contributed by atoms with Crippen LogP contribution in [0.15, 0.2) is 24.3 Å². The molecule has 0 fully saturated rings. The van der Waals surface area contributed by atoms with Crippen LogP contribution in [0.25, 0.3) is 0 Å². The SMILES string of the molecule is Cc1nc(NC(=O)CC2C(=O)Nc3ccccc32)sc1C. The van der Waals surface area contributed by atoms with Gasteiger partial charge in [-0.25, -0.2) is 4.98 Å². The summed E-state index contributed by atoms with van der Waals surface area (Å²) in [5.41, 5.74) is 2.59. The monoisotopic (exact) mass is 301 g/mol. The van der Waals surface area contributed by atoms with Crippen molar-refractivity contribution >= 4 is 34.0 Å². The Bertz CT molecular complexity index is 704. The Kier molecular flexibility index (Phi) is 3.47. The van der Waals surface area contributed by atoms with Crippen LogP contribution in [0.1, 0.15) is 28.5 Å². The number of carbonyl (C=O) groups excluding carboxylic acids is 2. The predicted molar refractivity (Wildman–Crippen MR) is 82.6 cm³/mol. The Morgan fingerprint density at radius 1 is 1.38 bits per heavy atom. The maximum atomic E-state index is 12.1. The molecule has 2 amide bonds. The van der Waals surface area contributed by atoms with Crippen LogP contribution >= 0.6 is 11.3 Å². The van der Waals surface area contributed by atoms with Crippen LogP contribution in [0.2, 0.25) is 0 Å². The molecule has 0 spiro atoms. The van der Waals surface area contributed by atoms with Crippen molar-refractivity contribution < 1.29 is 9.59 Å². The fraction of sp³-hybridized carbons (Fsp3) is 0.267. The van der Waals surface area contributed by atoms with Crippen LogP contribution in [-0.2, 0) is 9.59 Å². The van der Waals surface area contributed by atoms with E-state index in [2.05, 4.69) is 15.6 Å². The second kappa shape index (κ2) is 5.29. The molecule has 0 saturated heterocycles. The highest BCUT2D eigenvalue weighted by Crippen LogP contribution is 2.34. The van der Waals surface area contributed by atoms with Crippen molar-refractivity contribution in [1.29, 1.82) is 0 Å². The van der Waals surface area contributed by atoms with Gasteiger partial charge in [0.15, 0.2) is 5.13 Å². The van der Waals surface area contributed by atoms with Crippen molar-refractivity contribution in [3.8, 4) is 0 Å². The molecule has 0 radical (unpaired) electrons. The van der Waals surface area contributed by atoms with E-state index in [1.54, 1.807) is 0 Å². The number of aromatic nitrogens is 1. The lowest BCUT2D eigenvalue weighted by molar-refractivity contribution is -0.122. The molecule has 1 aliphatic heterocycles. The van der Waals surface area contributed by atoms with Gasteiger partial charge in [0.2, 0.25) is 11.8 Å². The standard InChI is InChI=1S/C15H15N3O2S/c1-8-9(2)21-15(16-8)18-13(19)7-11-10-5-3-4-6-12(10)17-14(11)20/h3-6,11H,7H2,1-2H3,(H,17,20)(H,16,18,19). The molecule has 108 valence electrons. The summed E-state index contributed by atoms with van der Waals surface area (Å²) in [4.78, 5) is 29.4. The van der Waals surface area contributed by atoms with Gasteiger partial charge in [0.1, 0.15) is 0 Å². The van der Waals surface area contributed by atoms with Gasteiger partial charge in [-0.2, -0.15) is 0 Å². The molecule has 2 aromatic rings. The lowest BCUT2D eigenvalue weighted by Gasteiger charge is -2.07. The maximum absolute atomic E-state index is 12.1. The molecule has 2 N–H and O–H groups in total. The molecule has 1 aliphatic rings. The summed E-state index contributed by atoms with van der Waals surface area (Å²) < 4.78 is 0. The van der Waals surface area contributed by atoms with Crippen molar-refractivity contribution in [1.82, 2.24) is 4.98 Å². The van der Waals surface area contributed by atoms with E-state index < -0.39 is 5.92 Å². The number of hydrogen-bond donors (Lipinski definition) is 2. The van der Waals surface area contributed by atoms with E-state index in [-0.39, 0.29) is 18.2 Å². The van der Waals surface area contributed by atoms with E-state index in [1.807, 2.05) is 38.1 Å². The molecular formula is C15H15N3O2S. The fourth-order valence-electron chi connectivity index (χ4n) is 2.36. The summed E-state index contributed by atoms with van der Waals surface area (Å²) >= 11 is 1.44. The molecule has 21 heavy (non-hydrogen) atoms. The number of aryl methyl sites for hydroxylation is 2. The smallest absolute Gasteiger partial charge is 0.232 e. The van der Waals surface area contributed by atoms with Crippen LogP contribution in [0.5, 0.6) is 0 Å². The normalized spacial score (nSPS) is 16.5. The molecule has 6 heteroatoms. The summed E-state index contributed by atoms with van der Waals surface area (Å²) in [5, 5.41) is 6.15. The van der Waals surface area contributed by atoms with Gasteiger partial charge in [-0.05, 0) is 25.5 Å². The van der Waals surface area contributed by atoms with Crippen LogP contribution in [0, 0.1) is 13.8 Å². The van der Waals surface area contributed by atoms with Gasteiger partial charge in [0.25, 0.3) is 0 Å². The molecule has 0 saturated carbocycles. The Morgan fingerprint density at radius 2 is 2.14 bits per heavy atom. The quantitative estimate of drug-likeness (QED) is 0.915. The van der Waals surface area contributed by atoms with E-state index >= 15 is 0 Å². The number of hydrogen-bond acceptors (Lipinski definition) is 4. The number of nitrogens with one attached hydrogen (secondary N) is 2. The van der Waals surface area contributed by atoms with E-state index in [0.29, 0.717) is 5.13 Å². The summed E-state index contributed by atoms with van der Waals surface area (Å²) in [6.07, 6.45) is 0.126. The first-order chi connectivity index (χ1) is 10.0. The lowest BCUT2D eigenvalue weighted by Crippen LogP contribution is -2.20. The van der Waals surface area contributed by atoms with Gasteiger partial charge in [-0.1, -0.05) is 18.2 Å². The zero-order valence-electron chi connectivity index (χ0n) is 11.8. The van der Waals surface area contributed by atoms with Crippen LogP contribution in [0.3, 0.4) is 0 Å². The van der Waals surface area contributed by atoms with Gasteiger partial charge in [-0.3, -0.25) is 9.59 Å². The third-order valence-corrected chi connectivity index (χ3v) is 4.56. The highest BCUT2D eigenvalue weighted by atomic mass is 32.1. The Balaban J connectivity index is 1.72. The number of nitrogens with zero attached hydrogens (tertiary/aromatic N) is 1. The Hall–Kier alpha value is -2.21. The number of carbonyl (C=O) groups is 2. The van der Waals surface area contributed by atoms with Crippen molar-refractivity contribution in [3.05, 3.63) is 40.4 Å². The van der Waals surface area contributed by atoms with Crippen molar-refractivity contribution in [2.75, 3.05) is 10.6 Å². The minimum Gasteiger partial charge on any atom is -0.325 e. The highest BCUT2D eigenvalue weighted by Gasteiger charge is 2.32. The molecule has 1 atom stereocenters. The molecule has 3 rings (SSSR count). The van der Waals surface area contributed by atoms with Crippen LogP contribution in [0.4, 0.5) is 10.8 Å². The number of fused-ring (bicyclic) bond motifs is 1. The third kappa shape index (κ3) is 2.67. The molecule has 0 aliphatic carbocycles. The second-order valence-electron chi connectivity index (χ2n) is 5.04. The number of benzene rings is 1. The van der Waals surface area contributed by atoms with Gasteiger partial charge in [0, 0.05) is 17.0 Å². The second-order valence-corrected chi connectivity index (χ2v) is 6.25. The lowest BCUT2D eigenvalue weighted by atomic mass is 9.97. The third-order valence-electron chi connectivity index (χ3n) is 3.57. The molecule has 1 unspecified atom stereocenters. The zero-order valence-corrected chi connectivity index (χ0v) is 12.6. The molecule has 5 nitrogen and oxygen atoms in total. The van der Waals surface area contributed by atoms with Gasteiger partial charge in [0.05, 0.1) is 11.6 Å². The van der Waals surface area contributed by atoms with Crippen molar-refractivity contribution in [2.24, 2.45) is 0 Å². The summed E-state index contributed by atoms with van der Waals surface area (Å²) in [7, 11) is 0. The summed E-state index contributed by atoms with van der Waals surface area (Å²) in [5.74, 6) is -0.748. The van der Waals surface area contributed by atoms with E-state index in [1.165, 1.54) is 11.3 Å². The molecule has 1 aromatic heterocycles. The molecule has 2 heterocycles.